The topological polar surface area (TPSA) is 57.6 Å². The summed E-state index contributed by atoms with van der Waals surface area (Å²) in [4.78, 5) is 24.0. The molecule has 1 unspecified atom stereocenters. The van der Waals surface area contributed by atoms with Gasteiger partial charge >= 0.3 is 0 Å². The SMILES string of the molecule is CC1=CC(=O)N(CCCC(C)CO)C1=O. The van der Waals surface area contributed by atoms with Gasteiger partial charge in [-0.15, -0.1) is 0 Å². The van der Waals surface area contributed by atoms with Crippen LogP contribution in [0.25, 0.3) is 0 Å². The first-order chi connectivity index (χ1) is 7.06. The van der Waals surface area contributed by atoms with Crippen molar-refractivity contribution in [2.75, 3.05) is 13.2 Å². The van der Waals surface area contributed by atoms with Crippen molar-refractivity contribution in [2.24, 2.45) is 5.92 Å². The minimum atomic E-state index is -0.214. The Morgan fingerprint density at radius 1 is 1.47 bits per heavy atom. The quantitative estimate of drug-likeness (QED) is 0.681. The Morgan fingerprint density at radius 3 is 2.60 bits per heavy atom. The first-order valence-electron chi connectivity index (χ1n) is 5.21. The molecule has 15 heavy (non-hydrogen) atoms. The summed E-state index contributed by atoms with van der Waals surface area (Å²) in [7, 11) is 0. The zero-order chi connectivity index (χ0) is 11.4. The third-order valence-corrected chi connectivity index (χ3v) is 2.58. The van der Waals surface area contributed by atoms with Crippen LogP contribution in [0.3, 0.4) is 0 Å². The van der Waals surface area contributed by atoms with Gasteiger partial charge in [-0.2, -0.15) is 0 Å². The van der Waals surface area contributed by atoms with E-state index in [1.165, 1.54) is 11.0 Å². The largest absolute Gasteiger partial charge is 0.396 e. The Morgan fingerprint density at radius 2 is 2.13 bits per heavy atom. The lowest BCUT2D eigenvalue weighted by Crippen LogP contribution is -2.32. The van der Waals surface area contributed by atoms with Crippen molar-refractivity contribution >= 4 is 11.8 Å². The van der Waals surface area contributed by atoms with Gasteiger partial charge in [0.1, 0.15) is 0 Å². The Bertz CT molecular complexity index is 296. The number of aliphatic hydroxyl groups excluding tert-OH is 1. The summed E-state index contributed by atoms with van der Waals surface area (Å²) in [6, 6.07) is 0. The first kappa shape index (κ1) is 11.9. The zero-order valence-corrected chi connectivity index (χ0v) is 9.19. The van der Waals surface area contributed by atoms with Crippen LogP contribution in [0.15, 0.2) is 11.6 Å². The number of hydrogen-bond donors (Lipinski definition) is 1. The highest BCUT2D eigenvalue weighted by Gasteiger charge is 2.27. The molecule has 84 valence electrons. The van der Waals surface area contributed by atoms with E-state index in [0.717, 1.165) is 12.8 Å². The lowest BCUT2D eigenvalue weighted by atomic mass is 10.1. The summed E-state index contributed by atoms with van der Waals surface area (Å²) < 4.78 is 0. The van der Waals surface area contributed by atoms with Crippen LogP contribution >= 0.6 is 0 Å². The summed E-state index contributed by atoms with van der Waals surface area (Å²) in [6.45, 7) is 4.20. The minimum Gasteiger partial charge on any atom is -0.396 e. The predicted molar refractivity (Wildman–Crippen MR) is 56.0 cm³/mol. The van der Waals surface area contributed by atoms with E-state index in [-0.39, 0.29) is 24.3 Å². The molecule has 1 aliphatic rings. The average molecular weight is 211 g/mol. The van der Waals surface area contributed by atoms with E-state index in [1.54, 1.807) is 6.92 Å². The standard InChI is InChI=1S/C11H17NO3/c1-8(7-13)4-3-5-12-10(14)6-9(2)11(12)15/h6,8,13H,3-5,7H2,1-2H3. The van der Waals surface area contributed by atoms with Gasteiger partial charge in [-0.1, -0.05) is 6.92 Å². The van der Waals surface area contributed by atoms with Gasteiger partial charge in [0.15, 0.2) is 0 Å². The average Bonchev–Trinajstić information content (AvgIpc) is 2.44. The first-order valence-corrected chi connectivity index (χ1v) is 5.21. The number of hydrogen-bond acceptors (Lipinski definition) is 3. The summed E-state index contributed by atoms with van der Waals surface area (Å²) in [5.74, 6) is -0.169. The van der Waals surface area contributed by atoms with Crippen LogP contribution < -0.4 is 0 Å². The van der Waals surface area contributed by atoms with Crippen LogP contribution in [0.1, 0.15) is 26.7 Å². The van der Waals surface area contributed by atoms with E-state index in [0.29, 0.717) is 12.1 Å². The van der Waals surface area contributed by atoms with Crippen molar-refractivity contribution in [1.82, 2.24) is 4.90 Å². The van der Waals surface area contributed by atoms with Crippen LogP contribution in [0.4, 0.5) is 0 Å². The van der Waals surface area contributed by atoms with Crippen LogP contribution in [0.5, 0.6) is 0 Å². The molecule has 0 spiro atoms. The molecule has 0 aromatic carbocycles. The number of imide groups is 1. The fourth-order valence-corrected chi connectivity index (χ4v) is 1.54. The van der Waals surface area contributed by atoms with Crippen molar-refractivity contribution in [1.29, 1.82) is 0 Å². The lowest BCUT2D eigenvalue weighted by molar-refractivity contribution is -0.137. The van der Waals surface area contributed by atoms with E-state index >= 15 is 0 Å². The number of nitrogens with zero attached hydrogens (tertiary/aromatic N) is 1. The molecule has 0 aliphatic carbocycles. The summed E-state index contributed by atoms with van der Waals surface area (Å²) in [5.41, 5.74) is 0.509. The number of aliphatic hydroxyl groups is 1. The molecule has 0 bridgehead atoms. The highest BCUT2D eigenvalue weighted by Crippen LogP contribution is 2.14. The molecular weight excluding hydrogens is 194 g/mol. The second-order valence-electron chi connectivity index (χ2n) is 4.05. The molecule has 1 N–H and O–H groups in total. The highest BCUT2D eigenvalue weighted by molar-refractivity contribution is 6.15. The van der Waals surface area contributed by atoms with Gasteiger partial charge in [0, 0.05) is 24.8 Å². The molecule has 1 heterocycles. The maximum atomic E-state index is 11.4. The molecule has 1 atom stereocenters. The molecular formula is C11H17NO3. The monoisotopic (exact) mass is 211 g/mol. The number of rotatable bonds is 5. The fraction of sp³-hybridized carbons (Fsp3) is 0.636. The van der Waals surface area contributed by atoms with Crippen LogP contribution in [-0.2, 0) is 9.59 Å². The zero-order valence-electron chi connectivity index (χ0n) is 9.19. The van der Waals surface area contributed by atoms with E-state index < -0.39 is 0 Å². The van der Waals surface area contributed by atoms with Gasteiger partial charge in [0.25, 0.3) is 11.8 Å². The van der Waals surface area contributed by atoms with Crippen LogP contribution in [-0.4, -0.2) is 35.0 Å². The summed E-state index contributed by atoms with van der Waals surface area (Å²) in [6.07, 6.45) is 2.95. The van der Waals surface area contributed by atoms with Gasteiger partial charge in [-0.25, -0.2) is 0 Å². The number of amides is 2. The molecule has 4 nitrogen and oxygen atoms in total. The third-order valence-electron chi connectivity index (χ3n) is 2.58. The normalized spacial score (nSPS) is 18.3. The maximum absolute atomic E-state index is 11.4. The molecule has 0 aromatic rings. The third kappa shape index (κ3) is 2.89. The van der Waals surface area contributed by atoms with Crippen molar-refractivity contribution in [3.63, 3.8) is 0 Å². The van der Waals surface area contributed by atoms with Gasteiger partial charge in [0.2, 0.25) is 0 Å². The maximum Gasteiger partial charge on any atom is 0.256 e. The molecule has 1 rings (SSSR count). The summed E-state index contributed by atoms with van der Waals surface area (Å²) >= 11 is 0. The van der Waals surface area contributed by atoms with Crippen molar-refractivity contribution < 1.29 is 14.7 Å². The van der Waals surface area contributed by atoms with E-state index in [4.69, 9.17) is 5.11 Å². The van der Waals surface area contributed by atoms with Gasteiger partial charge < -0.3 is 5.11 Å². The van der Waals surface area contributed by atoms with Gasteiger partial charge in [0.05, 0.1) is 0 Å². The summed E-state index contributed by atoms with van der Waals surface area (Å²) in [5, 5.41) is 8.82. The minimum absolute atomic E-state index is 0.152. The van der Waals surface area contributed by atoms with Gasteiger partial charge in [-0.3, -0.25) is 14.5 Å². The second kappa shape index (κ2) is 5.07. The predicted octanol–water partition coefficient (Wildman–Crippen LogP) is 0.710. The Balaban J connectivity index is 2.35. The van der Waals surface area contributed by atoms with E-state index in [2.05, 4.69) is 0 Å². The fourth-order valence-electron chi connectivity index (χ4n) is 1.54. The van der Waals surface area contributed by atoms with Crippen LogP contribution in [0, 0.1) is 5.92 Å². The lowest BCUT2D eigenvalue weighted by Gasteiger charge is -2.15. The molecule has 0 fully saturated rings. The Hall–Kier alpha value is -1.16. The molecule has 4 heteroatoms. The van der Waals surface area contributed by atoms with E-state index in [9.17, 15) is 9.59 Å². The van der Waals surface area contributed by atoms with E-state index in [1.807, 2.05) is 6.92 Å². The van der Waals surface area contributed by atoms with Crippen molar-refractivity contribution in [2.45, 2.75) is 26.7 Å². The smallest absolute Gasteiger partial charge is 0.256 e. The number of carbonyl (C=O) groups excluding carboxylic acids is 2. The molecule has 1 aliphatic heterocycles. The molecule has 0 aromatic heterocycles. The molecule has 2 amide bonds. The molecule has 0 radical (unpaired) electrons. The van der Waals surface area contributed by atoms with Crippen LogP contribution in [0.2, 0.25) is 0 Å². The Kier molecular flexibility index (Phi) is 4.03. The Labute approximate surface area is 89.6 Å². The highest BCUT2D eigenvalue weighted by atomic mass is 16.3. The number of carbonyl (C=O) groups is 2. The van der Waals surface area contributed by atoms with Crippen molar-refractivity contribution in [3.05, 3.63) is 11.6 Å². The second-order valence-corrected chi connectivity index (χ2v) is 4.05. The van der Waals surface area contributed by atoms with Crippen molar-refractivity contribution in [3.8, 4) is 0 Å². The van der Waals surface area contributed by atoms with Gasteiger partial charge in [-0.05, 0) is 25.7 Å². The molecule has 0 saturated heterocycles. The molecule has 0 saturated carbocycles.